The molecule has 1 N–H and O–H groups in total. The van der Waals surface area contributed by atoms with E-state index in [1.54, 1.807) is 17.1 Å². The van der Waals surface area contributed by atoms with Crippen LogP contribution in [0.2, 0.25) is 5.02 Å². The van der Waals surface area contributed by atoms with Crippen LogP contribution in [0.3, 0.4) is 0 Å². The van der Waals surface area contributed by atoms with Gasteiger partial charge in [-0.05, 0) is 32.4 Å². The van der Waals surface area contributed by atoms with Gasteiger partial charge < -0.3 is 5.32 Å². The molecule has 0 spiro atoms. The molecular weight excluding hydrogens is 274 g/mol. The van der Waals surface area contributed by atoms with E-state index in [4.69, 9.17) is 11.6 Å². The highest BCUT2D eigenvalue weighted by atomic mass is 35.5. The van der Waals surface area contributed by atoms with Gasteiger partial charge in [0.1, 0.15) is 0 Å². The summed E-state index contributed by atoms with van der Waals surface area (Å²) in [5, 5.41) is 7.80. The molecule has 0 aliphatic rings. The van der Waals surface area contributed by atoms with Crippen molar-refractivity contribution in [3.8, 4) is 0 Å². The summed E-state index contributed by atoms with van der Waals surface area (Å²) in [7, 11) is 0. The van der Waals surface area contributed by atoms with Crippen LogP contribution < -0.4 is 5.32 Å². The molecule has 0 aliphatic carbocycles. The Morgan fingerprint density at radius 3 is 2.70 bits per heavy atom. The SMILES string of the molecule is CC(C)(C)NC(=O)c1cnn(Cc2ccccc2Cl)c1. The molecular formula is C15H18ClN3O. The molecule has 1 amide bonds. The Morgan fingerprint density at radius 2 is 2.05 bits per heavy atom. The molecule has 0 radical (unpaired) electrons. The van der Waals surface area contributed by atoms with Crippen LogP contribution in [0.25, 0.3) is 0 Å². The van der Waals surface area contributed by atoms with E-state index < -0.39 is 0 Å². The Balaban J connectivity index is 2.10. The predicted octanol–water partition coefficient (Wildman–Crippen LogP) is 3.11. The van der Waals surface area contributed by atoms with Crippen LogP contribution in [0.15, 0.2) is 36.7 Å². The van der Waals surface area contributed by atoms with Crippen LogP contribution in [0, 0.1) is 0 Å². The lowest BCUT2D eigenvalue weighted by atomic mass is 10.1. The molecule has 4 nitrogen and oxygen atoms in total. The molecule has 2 aromatic rings. The molecule has 106 valence electrons. The van der Waals surface area contributed by atoms with Crippen molar-refractivity contribution in [1.82, 2.24) is 15.1 Å². The summed E-state index contributed by atoms with van der Waals surface area (Å²) < 4.78 is 1.71. The fraction of sp³-hybridized carbons (Fsp3) is 0.333. The van der Waals surface area contributed by atoms with Gasteiger partial charge in [-0.2, -0.15) is 5.10 Å². The molecule has 20 heavy (non-hydrogen) atoms. The zero-order chi connectivity index (χ0) is 14.8. The molecule has 1 aromatic heterocycles. The second kappa shape index (κ2) is 5.67. The number of aromatic nitrogens is 2. The average Bonchev–Trinajstić information content (AvgIpc) is 2.79. The number of nitrogens with one attached hydrogen (secondary N) is 1. The fourth-order valence-electron chi connectivity index (χ4n) is 1.78. The predicted molar refractivity (Wildman–Crippen MR) is 80.0 cm³/mol. The fourth-order valence-corrected chi connectivity index (χ4v) is 1.98. The Bertz CT molecular complexity index is 614. The third kappa shape index (κ3) is 3.84. The van der Waals surface area contributed by atoms with Gasteiger partial charge in [-0.1, -0.05) is 29.8 Å². The second-order valence-corrected chi connectivity index (χ2v) is 6.13. The van der Waals surface area contributed by atoms with Crippen molar-refractivity contribution < 1.29 is 4.79 Å². The topological polar surface area (TPSA) is 46.9 Å². The van der Waals surface area contributed by atoms with Gasteiger partial charge in [0.2, 0.25) is 0 Å². The van der Waals surface area contributed by atoms with E-state index in [0.717, 1.165) is 5.56 Å². The van der Waals surface area contributed by atoms with E-state index in [-0.39, 0.29) is 11.4 Å². The smallest absolute Gasteiger partial charge is 0.254 e. The van der Waals surface area contributed by atoms with E-state index in [1.165, 1.54) is 0 Å². The van der Waals surface area contributed by atoms with Crippen molar-refractivity contribution in [2.75, 3.05) is 0 Å². The largest absolute Gasteiger partial charge is 0.347 e. The molecule has 1 aromatic carbocycles. The zero-order valence-electron chi connectivity index (χ0n) is 11.9. The zero-order valence-corrected chi connectivity index (χ0v) is 12.6. The first kappa shape index (κ1) is 14.6. The number of carbonyl (C=O) groups excluding carboxylic acids is 1. The van der Waals surface area contributed by atoms with Crippen LogP contribution in [-0.2, 0) is 6.54 Å². The summed E-state index contributed by atoms with van der Waals surface area (Å²) in [6.07, 6.45) is 3.29. The van der Waals surface area contributed by atoms with Crippen molar-refractivity contribution in [2.45, 2.75) is 32.9 Å². The minimum absolute atomic E-state index is 0.122. The summed E-state index contributed by atoms with van der Waals surface area (Å²) in [5.74, 6) is -0.122. The average molecular weight is 292 g/mol. The first-order chi connectivity index (χ1) is 9.35. The molecule has 0 unspecified atom stereocenters. The third-order valence-electron chi connectivity index (χ3n) is 2.67. The number of hydrogen-bond acceptors (Lipinski definition) is 2. The van der Waals surface area contributed by atoms with Crippen molar-refractivity contribution >= 4 is 17.5 Å². The Kier molecular flexibility index (Phi) is 4.14. The summed E-state index contributed by atoms with van der Waals surface area (Å²) in [5.41, 5.74) is 1.26. The number of halogens is 1. The lowest BCUT2D eigenvalue weighted by Gasteiger charge is -2.19. The molecule has 0 fully saturated rings. The van der Waals surface area contributed by atoms with E-state index in [1.807, 2.05) is 45.0 Å². The Labute approximate surface area is 123 Å². The quantitative estimate of drug-likeness (QED) is 0.944. The molecule has 0 aliphatic heterocycles. The van der Waals surface area contributed by atoms with Gasteiger partial charge in [0.05, 0.1) is 18.3 Å². The highest BCUT2D eigenvalue weighted by Crippen LogP contribution is 2.16. The monoisotopic (exact) mass is 291 g/mol. The Hall–Kier alpha value is -1.81. The summed E-state index contributed by atoms with van der Waals surface area (Å²) >= 11 is 6.11. The van der Waals surface area contributed by atoms with Crippen molar-refractivity contribution in [3.63, 3.8) is 0 Å². The van der Waals surface area contributed by atoms with Crippen LogP contribution in [0.1, 0.15) is 36.7 Å². The lowest BCUT2D eigenvalue weighted by molar-refractivity contribution is 0.0919. The lowest BCUT2D eigenvalue weighted by Crippen LogP contribution is -2.40. The number of hydrogen-bond donors (Lipinski definition) is 1. The van der Waals surface area contributed by atoms with E-state index in [9.17, 15) is 4.79 Å². The number of nitrogens with zero attached hydrogens (tertiary/aromatic N) is 2. The standard InChI is InChI=1S/C15H18ClN3O/c1-15(2,3)18-14(20)12-8-17-19(10-12)9-11-6-4-5-7-13(11)16/h4-8,10H,9H2,1-3H3,(H,18,20). The normalized spacial score (nSPS) is 11.4. The van der Waals surface area contributed by atoms with Gasteiger partial charge in [-0.25, -0.2) is 0 Å². The maximum atomic E-state index is 12.0. The van der Waals surface area contributed by atoms with Crippen molar-refractivity contribution in [3.05, 3.63) is 52.8 Å². The first-order valence-electron chi connectivity index (χ1n) is 6.43. The van der Waals surface area contributed by atoms with Crippen molar-refractivity contribution in [1.29, 1.82) is 0 Å². The van der Waals surface area contributed by atoms with Gasteiger partial charge in [-0.15, -0.1) is 0 Å². The highest BCUT2D eigenvalue weighted by Gasteiger charge is 2.16. The first-order valence-corrected chi connectivity index (χ1v) is 6.81. The van der Waals surface area contributed by atoms with Crippen LogP contribution in [0.4, 0.5) is 0 Å². The van der Waals surface area contributed by atoms with Gasteiger partial charge >= 0.3 is 0 Å². The van der Waals surface area contributed by atoms with E-state index >= 15 is 0 Å². The highest BCUT2D eigenvalue weighted by molar-refractivity contribution is 6.31. The summed E-state index contributed by atoms with van der Waals surface area (Å²) in [6, 6.07) is 7.60. The molecule has 0 saturated heterocycles. The number of amides is 1. The number of rotatable bonds is 3. The van der Waals surface area contributed by atoms with Crippen LogP contribution in [-0.4, -0.2) is 21.2 Å². The van der Waals surface area contributed by atoms with E-state index in [0.29, 0.717) is 17.1 Å². The number of carbonyl (C=O) groups is 1. The molecule has 5 heteroatoms. The van der Waals surface area contributed by atoms with Crippen LogP contribution in [0.5, 0.6) is 0 Å². The molecule has 0 atom stereocenters. The summed E-state index contributed by atoms with van der Waals surface area (Å²) in [6.45, 7) is 6.37. The minimum atomic E-state index is -0.262. The molecule has 2 rings (SSSR count). The Morgan fingerprint density at radius 1 is 1.35 bits per heavy atom. The maximum absolute atomic E-state index is 12.0. The van der Waals surface area contributed by atoms with Gasteiger partial charge in [0.15, 0.2) is 0 Å². The van der Waals surface area contributed by atoms with Gasteiger partial charge in [-0.3, -0.25) is 9.48 Å². The molecule has 1 heterocycles. The molecule has 0 bridgehead atoms. The van der Waals surface area contributed by atoms with Gasteiger partial charge in [0.25, 0.3) is 5.91 Å². The molecule has 0 saturated carbocycles. The van der Waals surface area contributed by atoms with E-state index in [2.05, 4.69) is 10.4 Å². The van der Waals surface area contributed by atoms with Gasteiger partial charge in [0, 0.05) is 16.8 Å². The summed E-state index contributed by atoms with van der Waals surface area (Å²) in [4.78, 5) is 12.0. The third-order valence-corrected chi connectivity index (χ3v) is 3.04. The minimum Gasteiger partial charge on any atom is -0.347 e. The second-order valence-electron chi connectivity index (χ2n) is 5.72. The van der Waals surface area contributed by atoms with Crippen molar-refractivity contribution in [2.24, 2.45) is 0 Å². The maximum Gasteiger partial charge on any atom is 0.254 e. The van der Waals surface area contributed by atoms with Crippen LogP contribution >= 0.6 is 11.6 Å². The number of benzene rings is 1.